The Balaban J connectivity index is 1.96. The highest BCUT2D eigenvalue weighted by molar-refractivity contribution is 9.10. The van der Waals surface area contributed by atoms with Crippen molar-refractivity contribution >= 4 is 49.3 Å². The normalized spacial score (nSPS) is 12.4. The van der Waals surface area contributed by atoms with Crippen LogP contribution in [-0.4, -0.2) is 16.5 Å². The number of imidazole rings is 1. The van der Waals surface area contributed by atoms with Crippen LogP contribution in [0.4, 0.5) is 0 Å². The van der Waals surface area contributed by atoms with Crippen LogP contribution in [0.25, 0.3) is 22.1 Å². The Morgan fingerprint density at radius 2 is 1.96 bits per heavy atom. The van der Waals surface area contributed by atoms with Crippen molar-refractivity contribution < 1.29 is 4.74 Å². The third-order valence-electron chi connectivity index (χ3n) is 4.39. The minimum Gasteiger partial charge on any atom is -0.497 e. The Labute approximate surface area is 156 Å². The minimum atomic E-state index is -0.0338. The largest absolute Gasteiger partial charge is 0.497 e. The molecule has 126 valence electrons. The highest BCUT2D eigenvalue weighted by Gasteiger charge is 2.15. The lowest BCUT2D eigenvalue weighted by Crippen LogP contribution is -2.22. The van der Waals surface area contributed by atoms with Crippen LogP contribution >= 0.6 is 27.3 Å². The van der Waals surface area contributed by atoms with Gasteiger partial charge in [-0.25, -0.2) is 9.38 Å². The second-order valence-electron chi connectivity index (χ2n) is 5.92. The van der Waals surface area contributed by atoms with Crippen LogP contribution in [0, 0.1) is 13.8 Å². The van der Waals surface area contributed by atoms with Crippen molar-refractivity contribution in [3.8, 4) is 5.75 Å². The predicted molar refractivity (Wildman–Crippen MR) is 106 cm³/mol. The van der Waals surface area contributed by atoms with Gasteiger partial charge in [-0.3, -0.25) is 4.79 Å². The van der Waals surface area contributed by atoms with E-state index in [9.17, 15) is 4.79 Å². The summed E-state index contributed by atoms with van der Waals surface area (Å²) in [7, 11) is 1.63. The number of ether oxygens (including phenoxy) is 1. The molecule has 2 aromatic carbocycles. The lowest BCUT2D eigenvalue weighted by Gasteiger charge is -2.03. The first kappa shape index (κ1) is 16.3. The van der Waals surface area contributed by atoms with Gasteiger partial charge in [0.15, 0.2) is 4.96 Å². The van der Waals surface area contributed by atoms with Crippen molar-refractivity contribution in [2.75, 3.05) is 7.11 Å². The zero-order valence-corrected chi connectivity index (χ0v) is 16.4. The molecule has 6 heteroatoms. The van der Waals surface area contributed by atoms with Crippen LogP contribution in [0.5, 0.6) is 5.75 Å². The molecule has 0 aliphatic carbocycles. The number of methoxy groups -OCH3 is 1. The average Bonchev–Trinajstić information content (AvgIpc) is 3.11. The molecule has 0 aliphatic heterocycles. The van der Waals surface area contributed by atoms with Crippen molar-refractivity contribution in [3.05, 3.63) is 66.4 Å². The van der Waals surface area contributed by atoms with Crippen LogP contribution in [0.1, 0.15) is 16.7 Å². The van der Waals surface area contributed by atoms with Gasteiger partial charge in [0.25, 0.3) is 5.56 Å². The highest BCUT2D eigenvalue weighted by Crippen LogP contribution is 2.30. The van der Waals surface area contributed by atoms with Gasteiger partial charge in [0.1, 0.15) is 11.3 Å². The standard InChI is InChI=1S/C19H15BrN2O2S/c1-10-8-14-17(16(20)11(10)2)21-19-22(14)18(23)15(25-19)9-12-4-6-13(24-3)7-5-12/h4-9H,1-3H3/b15-9+. The smallest absolute Gasteiger partial charge is 0.274 e. The third-order valence-corrected chi connectivity index (χ3v) is 6.33. The van der Waals surface area contributed by atoms with Gasteiger partial charge in [0.2, 0.25) is 0 Å². The van der Waals surface area contributed by atoms with Crippen LogP contribution in [0.15, 0.2) is 39.6 Å². The van der Waals surface area contributed by atoms with Crippen molar-refractivity contribution in [2.45, 2.75) is 13.8 Å². The third kappa shape index (κ3) is 2.56. The maximum Gasteiger partial charge on any atom is 0.274 e. The van der Waals surface area contributed by atoms with E-state index in [0.717, 1.165) is 37.9 Å². The summed E-state index contributed by atoms with van der Waals surface area (Å²) in [5.41, 5.74) is 4.89. The van der Waals surface area contributed by atoms with E-state index in [0.29, 0.717) is 9.49 Å². The topological polar surface area (TPSA) is 43.6 Å². The molecule has 0 saturated carbocycles. The van der Waals surface area contributed by atoms with E-state index >= 15 is 0 Å². The number of fused-ring (bicyclic) bond motifs is 3. The Morgan fingerprint density at radius 3 is 2.64 bits per heavy atom. The maximum absolute atomic E-state index is 12.9. The van der Waals surface area contributed by atoms with Gasteiger partial charge in [-0.15, -0.1) is 0 Å². The van der Waals surface area contributed by atoms with Crippen LogP contribution < -0.4 is 14.8 Å². The number of halogens is 1. The molecule has 4 rings (SSSR count). The zero-order valence-electron chi connectivity index (χ0n) is 14.0. The van der Waals surface area contributed by atoms with Gasteiger partial charge in [0, 0.05) is 4.47 Å². The first-order chi connectivity index (χ1) is 12.0. The Kier molecular flexibility index (Phi) is 3.89. The quantitative estimate of drug-likeness (QED) is 0.500. The van der Waals surface area contributed by atoms with Crippen molar-refractivity contribution in [1.82, 2.24) is 9.38 Å². The Bertz CT molecular complexity index is 1220. The van der Waals surface area contributed by atoms with Crippen LogP contribution in [0.2, 0.25) is 0 Å². The molecular formula is C19H15BrN2O2S. The molecule has 2 aromatic heterocycles. The number of benzene rings is 2. The summed E-state index contributed by atoms with van der Waals surface area (Å²) in [4.78, 5) is 18.3. The first-order valence-corrected chi connectivity index (χ1v) is 9.37. The molecule has 0 aliphatic rings. The maximum atomic E-state index is 12.9. The summed E-state index contributed by atoms with van der Waals surface area (Å²) in [6.45, 7) is 4.09. The molecule has 25 heavy (non-hydrogen) atoms. The summed E-state index contributed by atoms with van der Waals surface area (Å²) >= 11 is 5.02. The summed E-state index contributed by atoms with van der Waals surface area (Å²) in [6.07, 6.45) is 1.89. The molecule has 0 spiro atoms. The molecule has 0 amide bonds. The molecule has 0 radical (unpaired) electrons. The highest BCUT2D eigenvalue weighted by atomic mass is 79.9. The summed E-state index contributed by atoms with van der Waals surface area (Å²) < 4.78 is 8.50. The zero-order chi connectivity index (χ0) is 17.7. The monoisotopic (exact) mass is 414 g/mol. The molecular weight excluding hydrogens is 400 g/mol. The number of hydrogen-bond donors (Lipinski definition) is 0. The van der Waals surface area contributed by atoms with E-state index in [1.54, 1.807) is 11.5 Å². The number of nitrogens with zero attached hydrogens (tertiary/aromatic N) is 2. The summed E-state index contributed by atoms with van der Waals surface area (Å²) in [5.74, 6) is 0.794. The lowest BCUT2D eigenvalue weighted by molar-refractivity contribution is 0.415. The molecule has 0 fully saturated rings. The van der Waals surface area contributed by atoms with Crippen LogP contribution in [-0.2, 0) is 0 Å². The molecule has 0 atom stereocenters. The molecule has 0 bridgehead atoms. The van der Waals surface area contributed by atoms with Gasteiger partial charge in [-0.05, 0) is 70.7 Å². The van der Waals surface area contributed by atoms with E-state index in [1.807, 2.05) is 50.3 Å². The van der Waals surface area contributed by atoms with Gasteiger partial charge >= 0.3 is 0 Å². The number of hydrogen-bond acceptors (Lipinski definition) is 4. The summed E-state index contributed by atoms with van der Waals surface area (Å²) in [5, 5.41) is 0. The van der Waals surface area contributed by atoms with Gasteiger partial charge in [-0.1, -0.05) is 23.5 Å². The summed E-state index contributed by atoms with van der Waals surface area (Å²) in [6, 6.07) is 9.66. The second-order valence-corrected chi connectivity index (χ2v) is 7.72. The molecule has 0 N–H and O–H groups in total. The van der Waals surface area contributed by atoms with Crippen molar-refractivity contribution in [2.24, 2.45) is 0 Å². The van der Waals surface area contributed by atoms with Gasteiger partial charge in [-0.2, -0.15) is 0 Å². The lowest BCUT2D eigenvalue weighted by atomic mass is 10.1. The predicted octanol–water partition coefficient (Wildman–Crippen LogP) is 3.84. The first-order valence-electron chi connectivity index (χ1n) is 7.76. The molecule has 0 unspecified atom stereocenters. The molecule has 4 aromatic rings. The number of thiazole rings is 1. The Morgan fingerprint density at radius 1 is 1.24 bits per heavy atom. The minimum absolute atomic E-state index is 0.0338. The molecule has 4 nitrogen and oxygen atoms in total. The SMILES string of the molecule is COc1ccc(/C=c2/sc3nc4c(Br)c(C)c(C)cc4n3c2=O)cc1. The van der Waals surface area contributed by atoms with Gasteiger partial charge in [0.05, 0.1) is 17.2 Å². The fourth-order valence-electron chi connectivity index (χ4n) is 2.83. The number of aryl methyl sites for hydroxylation is 1. The van der Waals surface area contributed by atoms with Crippen molar-refractivity contribution in [1.29, 1.82) is 0 Å². The average molecular weight is 415 g/mol. The van der Waals surface area contributed by atoms with Crippen molar-refractivity contribution in [3.63, 3.8) is 0 Å². The fraction of sp³-hybridized carbons (Fsp3) is 0.158. The van der Waals surface area contributed by atoms with E-state index in [1.165, 1.54) is 11.3 Å². The van der Waals surface area contributed by atoms with E-state index in [-0.39, 0.29) is 5.56 Å². The van der Waals surface area contributed by atoms with E-state index in [2.05, 4.69) is 20.9 Å². The van der Waals surface area contributed by atoms with Gasteiger partial charge < -0.3 is 4.74 Å². The second kappa shape index (κ2) is 5.97. The number of aromatic nitrogens is 2. The molecule has 0 saturated heterocycles. The fourth-order valence-corrected chi connectivity index (χ4v) is 4.41. The van der Waals surface area contributed by atoms with E-state index in [4.69, 9.17) is 4.74 Å². The van der Waals surface area contributed by atoms with E-state index < -0.39 is 0 Å². The van der Waals surface area contributed by atoms with Crippen LogP contribution in [0.3, 0.4) is 0 Å². The number of rotatable bonds is 2. The Hall–Kier alpha value is -2.18. The molecule has 2 heterocycles.